The molecule has 0 aliphatic carbocycles. The second-order valence-corrected chi connectivity index (χ2v) is 9.35. The molecule has 35 heavy (non-hydrogen) atoms. The number of ether oxygens (including phenoxy) is 2. The molecule has 1 heterocycles. The number of carbonyl (C=O) groups excluding carboxylic acids is 1. The molecule has 7 heteroatoms. The summed E-state index contributed by atoms with van der Waals surface area (Å²) in [6.45, 7) is 4.96. The fourth-order valence-corrected chi connectivity index (χ4v) is 4.67. The Balaban J connectivity index is 1.24. The molecule has 1 saturated heterocycles. The zero-order chi connectivity index (χ0) is 24.6. The van der Waals surface area contributed by atoms with Crippen LogP contribution in [0.4, 0.5) is 5.69 Å². The van der Waals surface area contributed by atoms with E-state index in [1.165, 1.54) is 0 Å². The number of benzene rings is 3. The largest absolute Gasteiger partial charge is 0.493 e. The van der Waals surface area contributed by atoms with E-state index in [9.17, 15) is 4.79 Å². The first-order valence-corrected chi connectivity index (χ1v) is 12.6. The number of anilines is 1. The fraction of sp³-hybridized carbons (Fsp3) is 0.321. The van der Waals surface area contributed by atoms with Gasteiger partial charge in [-0.1, -0.05) is 59.6 Å². The number of ketones is 1. The molecule has 3 aromatic rings. The molecule has 5 nitrogen and oxygen atoms in total. The highest BCUT2D eigenvalue weighted by atomic mass is 35.5. The normalized spacial score (nSPS) is 14.1. The van der Waals surface area contributed by atoms with Crippen LogP contribution in [-0.4, -0.2) is 50.5 Å². The molecule has 184 valence electrons. The number of halogens is 2. The molecule has 0 spiro atoms. The minimum Gasteiger partial charge on any atom is -0.493 e. The Morgan fingerprint density at radius 1 is 0.914 bits per heavy atom. The van der Waals surface area contributed by atoms with E-state index in [1.54, 1.807) is 13.2 Å². The average molecular weight is 513 g/mol. The fourth-order valence-electron chi connectivity index (χ4n) is 4.25. The van der Waals surface area contributed by atoms with E-state index in [-0.39, 0.29) is 5.78 Å². The van der Waals surface area contributed by atoms with Gasteiger partial charge in [0.05, 0.1) is 22.8 Å². The minimum absolute atomic E-state index is 0.113. The number of Topliss-reactive ketones (excluding diaryl/α,β-unsaturated/α-hetero) is 1. The predicted octanol–water partition coefficient (Wildman–Crippen LogP) is 6.37. The highest BCUT2D eigenvalue weighted by Gasteiger charge is 2.20. The first-order chi connectivity index (χ1) is 17.0. The van der Waals surface area contributed by atoms with Crippen molar-refractivity contribution in [2.45, 2.75) is 19.4 Å². The van der Waals surface area contributed by atoms with Crippen molar-refractivity contribution in [2.75, 3.05) is 44.7 Å². The van der Waals surface area contributed by atoms with E-state index in [0.717, 1.165) is 50.4 Å². The Bertz CT molecular complexity index is 1130. The van der Waals surface area contributed by atoms with Gasteiger partial charge in [0.2, 0.25) is 0 Å². The van der Waals surface area contributed by atoms with Gasteiger partial charge in [0.1, 0.15) is 6.61 Å². The summed E-state index contributed by atoms with van der Waals surface area (Å²) in [4.78, 5) is 17.5. The number of nitrogens with zero attached hydrogens (tertiary/aromatic N) is 2. The standard InChI is InChI=1S/C28H30Cl2N2O3/c1-34-27-19-22(12-13-26(27)35-20-21-7-3-2-4-8-21)25(33)11-6-14-31-15-17-32(18-16-31)24-10-5-9-23(29)28(24)30/h2-5,7-10,12-13,19H,6,11,14-18,20H2,1H3. The molecule has 0 atom stereocenters. The average Bonchev–Trinajstić information content (AvgIpc) is 2.90. The topological polar surface area (TPSA) is 42.0 Å². The number of hydrogen-bond donors (Lipinski definition) is 0. The second kappa shape index (κ2) is 12.3. The maximum absolute atomic E-state index is 12.8. The van der Waals surface area contributed by atoms with Crippen LogP contribution in [0.2, 0.25) is 10.0 Å². The van der Waals surface area contributed by atoms with Crippen LogP contribution in [0.1, 0.15) is 28.8 Å². The molecule has 0 N–H and O–H groups in total. The van der Waals surface area contributed by atoms with Crippen LogP contribution >= 0.6 is 23.2 Å². The van der Waals surface area contributed by atoms with Crippen molar-refractivity contribution >= 4 is 34.7 Å². The zero-order valence-electron chi connectivity index (χ0n) is 19.9. The van der Waals surface area contributed by atoms with E-state index in [1.807, 2.05) is 60.7 Å². The van der Waals surface area contributed by atoms with Gasteiger partial charge in [-0.15, -0.1) is 0 Å². The van der Waals surface area contributed by atoms with Crippen LogP contribution in [-0.2, 0) is 6.61 Å². The summed E-state index contributed by atoms with van der Waals surface area (Å²) in [5.74, 6) is 1.32. The Kier molecular flexibility index (Phi) is 8.91. The van der Waals surface area contributed by atoms with Crippen LogP contribution in [0.15, 0.2) is 66.7 Å². The van der Waals surface area contributed by atoms with Gasteiger partial charge < -0.3 is 14.4 Å². The maximum Gasteiger partial charge on any atom is 0.163 e. The number of methoxy groups -OCH3 is 1. The van der Waals surface area contributed by atoms with Gasteiger partial charge in [0.25, 0.3) is 0 Å². The third-order valence-corrected chi connectivity index (χ3v) is 7.05. The molecule has 0 amide bonds. The summed E-state index contributed by atoms with van der Waals surface area (Å²) in [6.07, 6.45) is 1.30. The first-order valence-electron chi connectivity index (χ1n) is 11.8. The molecule has 0 radical (unpaired) electrons. The van der Waals surface area contributed by atoms with E-state index in [0.29, 0.717) is 40.1 Å². The van der Waals surface area contributed by atoms with Crippen LogP contribution in [0.5, 0.6) is 11.5 Å². The summed E-state index contributed by atoms with van der Waals surface area (Å²) < 4.78 is 11.4. The molecular formula is C28H30Cl2N2O3. The van der Waals surface area contributed by atoms with Gasteiger partial charge in [0, 0.05) is 38.2 Å². The van der Waals surface area contributed by atoms with Gasteiger partial charge in [-0.25, -0.2) is 0 Å². The zero-order valence-corrected chi connectivity index (χ0v) is 21.4. The number of hydrogen-bond acceptors (Lipinski definition) is 5. The van der Waals surface area contributed by atoms with Crippen molar-refractivity contribution < 1.29 is 14.3 Å². The highest BCUT2D eigenvalue weighted by molar-refractivity contribution is 6.43. The quantitative estimate of drug-likeness (QED) is 0.295. The van der Waals surface area contributed by atoms with E-state index < -0.39 is 0 Å². The molecule has 4 rings (SSSR count). The van der Waals surface area contributed by atoms with Crippen molar-refractivity contribution in [3.63, 3.8) is 0 Å². The third kappa shape index (κ3) is 6.69. The van der Waals surface area contributed by atoms with Crippen molar-refractivity contribution in [2.24, 2.45) is 0 Å². The highest BCUT2D eigenvalue weighted by Crippen LogP contribution is 2.33. The number of piperazine rings is 1. The lowest BCUT2D eigenvalue weighted by molar-refractivity contribution is 0.0973. The summed E-state index contributed by atoms with van der Waals surface area (Å²) in [5.41, 5.74) is 2.71. The van der Waals surface area contributed by atoms with Gasteiger partial charge in [-0.2, -0.15) is 0 Å². The molecule has 3 aromatic carbocycles. The summed E-state index contributed by atoms with van der Waals surface area (Å²) in [7, 11) is 1.59. The predicted molar refractivity (Wildman–Crippen MR) is 142 cm³/mol. The van der Waals surface area contributed by atoms with Crippen molar-refractivity contribution in [1.29, 1.82) is 0 Å². The van der Waals surface area contributed by atoms with Crippen molar-refractivity contribution in [3.05, 3.63) is 87.9 Å². The van der Waals surface area contributed by atoms with Crippen LogP contribution < -0.4 is 14.4 Å². The van der Waals surface area contributed by atoms with Crippen LogP contribution in [0.25, 0.3) is 0 Å². The Hall–Kier alpha value is -2.73. The molecule has 1 aliphatic rings. The molecule has 1 aliphatic heterocycles. The maximum atomic E-state index is 12.8. The molecule has 0 aromatic heterocycles. The summed E-state index contributed by atoms with van der Waals surface area (Å²) in [6, 6.07) is 21.1. The molecule has 1 fully saturated rings. The van der Waals surface area contributed by atoms with Crippen molar-refractivity contribution in [3.8, 4) is 11.5 Å². The monoisotopic (exact) mass is 512 g/mol. The smallest absolute Gasteiger partial charge is 0.163 e. The SMILES string of the molecule is COc1cc(C(=O)CCCN2CCN(c3cccc(Cl)c3Cl)CC2)ccc1OCc1ccccc1. The van der Waals surface area contributed by atoms with Gasteiger partial charge >= 0.3 is 0 Å². The lowest BCUT2D eigenvalue weighted by Gasteiger charge is -2.36. The number of carbonyl (C=O) groups is 1. The Morgan fingerprint density at radius 3 is 2.43 bits per heavy atom. The number of rotatable bonds is 10. The van der Waals surface area contributed by atoms with Gasteiger partial charge in [-0.05, 0) is 48.9 Å². The molecular weight excluding hydrogens is 483 g/mol. The summed E-state index contributed by atoms with van der Waals surface area (Å²) in [5, 5.41) is 1.19. The van der Waals surface area contributed by atoms with E-state index in [4.69, 9.17) is 32.7 Å². The molecule has 0 saturated carbocycles. The Labute approximate surface area is 217 Å². The lowest BCUT2D eigenvalue weighted by atomic mass is 10.1. The first kappa shape index (κ1) is 25.4. The Morgan fingerprint density at radius 2 is 1.69 bits per heavy atom. The van der Waals surface area contributed by atoms with Crippen LogP contribution in [0, 0.1) is 0 Å². The molecule has 0 bridgehead atoms. The summed E-state index contributed by atoms with van der Waals surface area (Å²) >= 11 is 12.5. The minimum atomic E-state index is 0.113. The lowest BCUT2D eigenvalue weighted by Crippen LogP contribution is -2.46. The van der Waals surface area contributed by atoms with Crippen molar-refractivity contribution in [1.82, 2.24) is 4.90 Å². The molecule has 0 unspecified atom stereocenters. The van der Waals surface area contributed by atoms with Gasteiger partial charge in [0.15, 0.2) is 17.3 Å². The second-order valence-electron chi connectivity index (χ2n) is 8.57. The van der Waals surface area contributed by atoms with E-state index >= 15 is 0 Å². The third-order valence-electron chi connectivity index (χ3n) is 6.25. The van der Waals surface area contributed by atoms with Crippen LogP contribution in [0.3, 0.4) is 0 Å². The van der Waals surface area contributed by atoms with E-state index in [2.05, 4.69) is 9.80 Å². The van der Waals surface area contributed by atoms with Gasteiger partial charge in [-0.3, -0.25) is 9.69 Å².